The Labute approximate surface area is 258 Å². The van der Waals surface area contributed by atoms with Crippen LogP contribution < -0.4 is 16.8 Å². The van der Waals surface area contributed by atoms with Crippen molar-refractivity contribution in [3.05, 3.63) is 102 Å². The maximum Gasteiger partial charge on any atom is 0.246 e. The number of hydrogen-bond donors (Lipinski definition) is 4. The number of nitrogens with zero attached hydrogens (tertiary/aromatic N) is 2. The number of primary amides is 1. The van der Waals surface area contributed by atoms with E-state index >= 15 is 0 Å². The van der Waals surface area contributed by atoms with Gasteiger partial charge in [-0.3, -0.25) is 19.2 Å². The van der Waals surface area contributed by atoms with Crippen molar-refractivity contribution in [2.75, 3.05) is 13.1 Å². The van der Waals surface area contributed by atoms with Crippen molar-refractivity contribution in [1.29, 1.82) is 0 Å². The summed E-state index contributed by atoms with van der Waals surface area (Å²) in [6.07, 6.45) is 1.75. The first-order chi connectivity index (χ1) is 21.2. The van der Waals surface area contributed by atoms with Crippen LogP contribution in [0.1, 0.15) is 36.5 Å². The number of benzene rings is 3. The molecule has 6 N–H and O–H groups in total. The lowest BCUT2D eigenvalue weighted by molar-refractivity contribution is -0.148. The lowest BCUT2D eigenvalue weighted by Gasteiger charge is -2.35. The Bertz CT molecular complexity index is 1420. The summed E-state index contributed by atoms with van der Waals surface area (Å²) in [5.74, 6) is -1.74. The van der Waals surface area contributed by atoms with Crippen LogP contribution in [0.25, 0.3) is 0 Å². The van der Waals surface area contributed by atoms with E-state index in [1.54, 1.807) is 19.1 Å². The second-order valence-corrected chi connectivity index (χ2v) is 11.1. The number of amides is 4. The van der Waals surface area contributed by atoms with Gasteiger partial charge in [-0.2, -0.15) is 0 Å². The van der Waals surface area contributed by atoms with Gasteiger partial charge in [-0.1, -0.05) is 72.8 Å². The van der Waals surface area contributed by atoms with Gasteiger partial charge in [0, 0.05) is 25.9 Å². The van der Waals surface area contributed by atoms with Gasteiger partial charge in [0.1, 0.15) is 23.9 Å². The summed E-state index contributed by atoms with van der Waals surface area (Å²) >= 11 is 0. The van der Waals surface area contributed by atoms with Gasteiger partial charge in [-0.15, -0.1) is 0 Å². The quantitative estimate of drug-likeness (QED) is 0.235. The first kappa shape index (κ1) is 32.2. The van der Waals surface area contributed by atoms with Crippen molar-refractivity contribution in [2.24, 2.45) is 11.5 Å². The molecule has 3 aromatic rings. The molecule has 44 heavy (non-hydrogen) atoms. The lowest BCUT2D eigenvalue weighted by atomic mass is 10.00. The number of nitrogens with one attached hydrogen (secondary N) is 1. The highest BCUT2D eigenvalue weighted by Gasteiger charge is 2.41. The zero-order valence-corrected chi connectivity index (χ0v) is 25.0. The first-order valence-corrected chi connectivity index (χ1v) is 15.0. The van der Waals surface area contributed by atoms with Gasteiger partial charge >= 0.3 is 0 Å². The average Bonchev–Trinajstić information content (AvgIpc) is 3.52. The summed E-state index contributed by atoms with van der Waals surface area (Å²) < 4.78 is 0. The summed E-state index contributed by atoms with van der Waals surface area (Å²) in [5.41, 5.74) is 14.5. The summed E-state index contributed by atoms with van der Waals surface area (Å²) in [6, 6.07) is 21.5. The number of phenols is 1. The maximum absolute atomic E-state index is 14.1. The normalized spacial score (nSPS) is 16.5. The number of likely N-dealkylation sites (tertiary alicyclic amines) is 1. The minimum atomic E-state index is -0.973. The largest absolute Gasteiger partial charge is 0.508 e. The molecule has 4 amide bonds. The molecule has 3 aromatic carbocycles. The van der Waals surface area contributed by atoms with Gasteiger partial charge in [-0.05, 0) is 55.0 Å². The fourth-order valence-electron chi connectivity index (χ4n) is 5.72. The Hall–Kier alpha value is -4.70. The molecule has 1 fully saturated rings. The van der Waals surface area contributed by atoms with Crippen molar-refractivity contribution in [2.45, 2.75) is 63.2 Å². The molecular weight excluding hydrogens is 558 g/mol. The Balaban J connectivity index is 1.54. The third-order valence-electron chi connectivity index (χ3n) is 8.05. The number of nitrogens with two attached hydrogens (primary N) is 2. The van der Waals surface area contributed by atoms with Crippen LogP contribution in [0.3, 0.4) is 0 Å². The summed E-state index contributed by atoms with van der Waals surface area (Å²) in [6.45, 7) is 2.38. The molecule has 0 radical (unpaired) electrons. The Kier molecular flexibility index (Phi) is 11.1. The zero-order chi connectivity index (χ0) is 31.6. The van der Waals surface area contributed by atoms with Gasteiger partial charge in [0.2, 0.25) is 23.6 Å². The van der Waals surface area contributed by atoms with Gasteiger partial charge in [0.15, 0.2) is 0 Å². The number of rotatable bonds is 13. The third kappa shape index (κ3) is 8.23. The molecule has 4 atom stereocenters. The average molecular weight is 600 g/mol. The molecule has 0 spiro atoms. The van der Waals surface area contributed by atoms with E-state index in [-0.39, 0.29) is 43.4 Å². The number of hydrogen-bond acceptors (Lipinski definition) is 6. The fraction of sp³-hybridized carbons (Fsp3) is 0.353. The SMILES string of the molecule is CCN(C(=O)[C@@H]1CCCN1C(=O)[C@@H](N)Cc1ccc(O)cc1)[C@@H](Cc1ccccc1)C(=O)N[C@@H](Cc1ccccc1)C(N)=O. The molecule has 10 nitrogen and oxygen atoms in total. The van der Waals surface area contributed by atoms with E-state index < -0.39 is 36.0 Å². The highest BCUT2D eigenvalue weighted by atomic mass is 16.3. The van der Waals surface area contributed by atoms with Crippen molar-refractivity contribution < 1.29 is 24.3 Å². The molecule has 0 saturated carbocycles. The highest BCUT2D eigenvalue weighted by Crippen LogP contribution is 2.23. The Morgan fingerprint density at radius 3 is 2.02 bits per heavy atom. The van der Waals surface area contributed by atoms with E-state index in [4.69, 9.17) is 11.5 Å². The van der Waals surface area contributed by atoms with E-state index in [9.17, 15) is 24.3 Å². The van der Waals surface area contributed by atoms with Crippen molar-refractivity contribution in [1.82, 2.24) is 15.1 Å². The number of phenolic OH excluding ortho intramolecular Hbond substituents is 1. The van der Waals surface area contributed by atoms with Crippen LogP contribution in [0, 0.1) is 0 Å². The van der Waals surface area contributed by atoms with Gasteiger partial charge < -0.3 is 31.7 Å². The summed E-state index contributed by atoms with van der Waals surface area (Å²) in [4.78, 5) is 56.9. The van der Waals surface area contributed by atoms with Crippen LogP contribution in [0.4, 0.5) is 0 Å². The standard InChI is InChI=1S/C34H41N5O5/c1-2-38(34(44)29-14-9-19-39(29)33(43)27(35)20-25-15-17-26(40)18-16-25)30(22-24-12-7-4-8-13-24)32(42)37-28(31(36)41)21-23-10-5-3-6-11-23/h3-8,10-13,15-18,27-30,40H,2,9,14,19-22,35H2,1H3,(H2,36,41)(H,37,42)/t27-,28-,29-,30-/m0/s1. The highest BCUT2D eigenvalue weighted by molar-refractivity contribution is 5.95. The van der Waals surface area contributed by atoms with Crippen molar-refractivity contribution in [3.8, 4) is 5.75 Å². The second kappa shape index (κ2) is 15.2. The molecule has 0 unspecified atom stereocenters. The third-order valence-corrected chi connectivity index (χ3v) is 8.05. The molecule has 0 aromatic heterocycles. The Morgan fingerprint density at radius 2 is 1.45 bits per heavy atom. The van der Waals surface area contributed by atoms with Crippen LogP contribution in [-0.4, -0.2) is 75.8 Å². The predicted octanol–water partition coefficient (Wildman–Crippen LogP) is 1.93. The molecule has 10 heteroatoms. The van der Waals surface area contributed by atoms with E-state index in [0.717, 1.165) is 16.7 Å². The van der Waals surface area contributed by atoms with E-state index in [1.807, 2.05) is 60.7 Å². The molecule has 1 aliphatic rings. The summed E-state index contributed by atoms with van der Waals surface area (Å²) in [7, 11) is 0. The van der Waals surface area contributed by atoms with Crippen LogP contribution in [0.5, 0.6) is 5.75 Å². The number of likely N-dealkylation sites (N-methyl/N-ethyl adjacent to an activating group) is 1. The van der Waals surface area contributed by atoms with Crippen molar-refractivity contribution in [3.63, 3.8) is 0 Å². The van der Waals surface area contributed by atoms with Crippen LogP contribution in [0.2, 0.25) is 0 Å². The predicted molar refractivity (Wildman–Crippen MR) is 167 cm³/mol. The monoisotopic (exact) mass is 599 g/mol. The second-order valence-electron chi connectivity index (χ2n) is 11.1. The molecule has 1 saturated heterocycles. The zero-order valence-electron chi connectivity index (χ0n) is 25.0. The van der Waals surface area contributed by atoms with Crippen molar-refractivity contribution >= 4 is 23.6 Å². The van der Waals surface area contributed by atoms with E-state index in [1.165, 1.54) is 21.9 Å². The fourth-order valence-corrected chi connectivity index (χ4v) is 5.72. The maximum atomic E-state index is 14.1. The molecule has 0 aliphatic carbocycles. The van der Waals surface area contributed by atoms with Crippen LogP contribution in [-0.2, 0) is 38.4 Å². The molecular formula is C34H41N5O5. The minimum Gasteiger partial charge on any atom is -0.508 e. The summed E-state index contributed by atoms with van der Waals surface area (Å²) in [5, 5.41) is 12.4. The van der Waals surface area contributed by atoms with Crippen LogP contribution in [0.15, 0.2) is 84.9 Å². The lowest BCUT2D eigenvalue weighted by Crippen LogP contribution is -2.59. The van der Waals surface area contributed by atoms with Crippen LogP contribution >= 0.6 is 0 Å². The van der Waals surface area contributed by atoms with Gasteiger partial charge in [0.05, 0.1) is 6.04 Å². The molecule has 0 bridgehead atoms. The Morgan fingerprint density at radius 1 is 0.886 bits per heavy atom. The number of carbonyl (C=O) groups excluding carboxylic acids is 4. The molecule has 1 aliphatic heterocycles. The number of carbonyl (C=O) groups is 4. The number of aromatic hydroxyl groups is 1. The smallest absolute Gasteiger partial charge is 0.246 e. The minimum absolute atomic E-state index is 0.120. The van der Waals surface area contributed by atoms with E-state index in [0.29, 0.717) is 19.4 Å². The molecule has 1 heterocycles. The topological polar surface area (TPSA) is 159 Å². The molecule has 232 valence electrons. The molecule has 4 rings (SSSR count). The van der Waals surface area contributed by atoms with E-state index in [2.05, 4.69) is 5.32 Å². The van der Waals surface area contributed by atoms with Gasteiger partial charge in [-0.25, -0.2) is 0 Å². The van der Waals surface area contributed by atoms with Gasteiger partial charge in [0.25, 0.3) is 0 Å². The first-order valence-electron chi connectivity index (χ1n) is 15.0.